The van der Waals surface area contributed by atoms with Crippen molar-refractivity contribution in [1.29, 1.82) is 0 Å². The predicted molar refractivity (Wildman–Crippen MR) is 107 cm³/mol. The summed E-state index contributed by atoms with van der Waals surface area (Å²) >= 11 is 0. The Kier molecular flexibility index (Phi) is 4.64. The third-order valence-electron chi connectivity index (χ3n) is 4.57. The third kappa shape index (κ3) is 3.50. The lowest BCUT2D eigenvalue weighted by atomic mass is 10.0. The highest BCUT2D eigenvalue weighted by Gasteiger charge is 2.21. The van der Waals surface area contributed by atoms with Crippen LogP contribution < -0.4 is 11.1 Å². The van der Waals surface area contributed by atoms with Crippen LogP contribution in [-0.4, -0.2) is 11.8 Å². The van der Waals surface area contributed by atoms with E-state index in [1.807, 2.05) is 60.7 Å². The van der Waals surface area contributed by atoms with Gasteiger partial charge in [0.2, 0.25) is 5.91 Å². The van der Waals surface area contributed by atoms with Crippen molar-refractivity contribution in [2.45, 2.75) is 6.04 Å². The van der Waals surface area contributed by atoms with Crippen molar-refractivity contribution < 1.29 is 14.0 Å². The number of carbonyl (C=O) groups is 2. The molecule has 1 atom stereocenters. The van der Waals surface area contributed by atoms with E-state index in [4.69, 9.17) is 10.2 Å². The van der Waals surface area contributed by atoms with Crippen LogP contribution in [0.15, 0.2) is 89.3 Å². The lowest BCUT2D eigenvalue weighted by Crippen LogP contribution is -2.29. The zero-order valence-corrected chi connectivity index (χ0v) is 15.0. The van der Waals surface area contributed by atoms with E-state index in [0.717, 1.165) is 16.5 Å². The SMILES string of the molecule is NC(=O)c1ccc(C(=O)NC(c2ccccc2)c2cc3ccccc3o2)cc1. The Hall–Kier alpha value is -3.86. The number of nitrogens with one attached hydrogen (secondary N) is 1. The maximum absolute atomic E-state index is 12.8. The number of hydrogen-bond acceptors (Lipinski definition) is 3. The average molecular weight is 370 g/mol. The molecule has 5 nitrogen and oxygen atoms in total. The van der Waals surface area contributed by atoms with Crippen LogP contribution in [0.25, 0.3) is 11.0 Å². The van der Waals surface area contributed by atoms with Crippen LogP contribution in [0, 0.1) is 0 Å². The van der Waals surface area contributed by atoms with Crippen molar-refractivity contribution in [3.05, 3.63) is 107 Å². The molecule has 0 aliphatic rings. The smallest absolute Gasteiger partial charge is 0.252 e. The highest BCUT2D eigenvalue weighted by molar-refractivity contribution is 5.97. The quantitative estimate of drug-likeness (QED) is 0.556. The van der Waals surface area contributed by atoms with Crippen molar-refractivity contribution in [1.82, 2.24) is 5.32 Å². The molecular formula is C23H18N2O3. The summed E-state index contributed by atoms with van der Waals surface area (Å²) in [5, 5.41) is 4.00. The largest absolute Gasteiger partial charge is 0.459 e. The molecule has 0 aliphatic carbocycles. The first-order valence-electron chi connectivity index (χ1n) is 8.86. The van der Waals surface area contributed by atoms with Gasteiger partial charge in [0, 0.05) is 16.5 Å². The minimum Gasteiger partial charge on any atom is -0.459 e. The molecule has 28 heavy (non-hydrogen) atoms. The second kappa shape index (κ2) is 7.40. The molecule has 0 aliphatic heterocycles. The van der Waals surface area contributed by atoms with Gasteiger partial charge in [-0.25, -0.2) is 0 Å². The standard InChI is InChI=1S/C23H18N2O3/c24-22(26)16-10-12-17(13-11-16)23(27)25-21(15-6-2-1-3-7-15)20-14-18-8-4-5-9-19(18)28-20/h1-14,21H,(H2,24,26)(H,25,27). The van der Waals surface area contributed by atoms with E-state index >= 15 is 0 Å². The topological polar surface area (TPSA) is 85.3 Å². The van der Waals surface area contributed by atoms with Gasteiger partial charge in [-0.2, -0.15) is 0 Å². The lowest BCUT2D eigenvalue weighted by molar-refractivity contribution is 0.0937. The summed E-state index contributed by atoms with van der Waals surface area (Å²) in [5.41, 5.74) is 7.71. The monoisotopic (exact) mass is 370 g/mol. The summed E-state index contributed by atoms with van der Waals surface area (Å²) in [5.74, 6) is -0.156. The van der Waals surface area contributed by atoms with Gasteiger partial charge in [0.15, 0.2) is 0 Å². The van der Waals surface area contributed by atoms with Crippen LogP contribution in [0.5, 0.6) is 0 Å². The Balaban J connectivity index is 1.67. The van der Waals surface area contributed by atoms with Crippen molar-refractivity contribution in [3.8, 4) is 0 Å². The van der Waals surface area contributed by atoms with Gasteiger partial charge >= 0.3 is 0 Å². The third-order valence-corrected chi connectivity index (χ3v) is 4.57. The second-order valence-electron chi connectivity index (χ2n) is 6.45. The number of primary amides is 1. The number of benzene rings is 3. The van der Waals surface area contributed by atoms with E-state index in [2.05, 4.69) is 5.32 Å². The lowest BCUT2D eigenvalue weighted by Gasteiger charge is -2.17. The van der Waals surface area contributed by atoms with Gasteiger partial charge in [-0.05, 0) is 42.0 Å². The van der Waals surface area contributed by atoms with E-state index in [1.165, 1.54) is 12.1 Å². The number of amides is 2. The van der Waals surface area contributed by atoms with Crippen molar-refractivity contribution in [3.63, 3.8) is 0 Å². The summed E-state index contributed by atoms with van der Waals surface area (Å²) in [6, 6.07) is 25.1. The van der Waals surface area contributed by atoms with Gasteiger partial charge in [-0.15, -0.1) is 0 Å². The van der Waals surface area contributed by atoms with Crippen molar-refractivity contribution >= 4 is 22.8 Å². The van der Waals surface area contributed by atoms with Crippen molar-refractivity contribution in [2.24, 2.45) is 5.73 Å². The number of rotatable bonds is 5. The maximum atomic E-state index is 12.8. The number of hydrogen-bond donors (Lipinski definition) is 2. The van der Waals surface area contributed by atoms with Crippen LogP contribution in [0.4, 0.5) is 0 Å². The second-order valence-corrected chi connectivity index (χ2v) is 6.45. The summed E-state index contributed by atoms with van der Waals surface area (Å²) in [4.78, 5) is 24.1. The molecule has 5 heteroatoms. The van der Waals surface area contributed by atoms with Gasteiger partial charge in [-0.3, -0.25) is 9.59 Å². The fraction of sp³-hybridized carbons (Fsp3) is 0.0435. The zero-order chi connectivity index (χ0) is 19.5. The first-order chi connectivity index (χ1) is 13.6. The van der Waals surface area contributed by atoms with Crippen LogP contribution in [0.1, 0.15) is 38.1 Å². The number of para-hydroxylation sites is 1. The minimum atomic E-state index is -0.531. The van der Waals surface area contributed by atoms with Crippen LogP contribution in [-0.2, 0) is 0 Å². The molecule has 3 aromatic carbocycles. The fourth-order valence-corrected chi connectivity index (χ4v) is 3.11. The summed E-state index contributed by atoms with van der Waals surface area (Å²) < 4.78 is 6.00. The van der Waals surface area contributed by atoms with Gasteiger partial charge in [0.05, 0.1) is 0 Å². The molecule has 1 heterocycles. The summed E-state index contributed by atoms with van der Waals surface area (Å²) in [7, 11) is 0. The molecule has 0 radical (unpaired) electrons. The first-order valence-corrected chi connectivity index (χ1v) is 8.86. The van der Waals surface area contributed by atoms with Crippen LogP contribution >= 0.6 is 0 Å². The number of furan rings is 1. The van der Waals surface area contributed by atoms with Crippen LogP contribution in [0.2, 0.25) is 0 Å². The molecule has 3 N–H and O–H groups in total. The molecule has 0 bridgehead atoms. The molecule has 0 fully saturated rings. The first kappa shape index (κ1) is 17.5. The fourth-order valence-electron chi connectivity index (χ4n) is 3.11. The van der Waals surface area contributed by atoms with Gasteiger partial charge < -0.3 is 15.5 Å². The van der Waals surface area contributed by atoms with E-state index < -0.39 is 11.9 Å². The Bertz CT molecular complexity index is 1100. The van der Waals surface area contributed by atoms with Gasteiger partial charge in [0.1, 0.15) is 17.4 Å². The molecule has 4 aromatic rings. The Labute approximate surface area is 161 Å². The van der Waals surface area contributed by atoms with Crippen molar-refractivity contribution in [2.75, 3.05) is 0 Å². The van der Waals surface area contributed by atoms with Gasteiger partial charge in [0.25, 0.3) is 5.91 Å². The maximum Gasteiger partial charge on any atom is 0.252 e. The van der Waals surface area contributed by atoms with E-state index in [9.17, 15) is 9.59 Å². The normalized spacial score (nSPS) is 11.9. The molecule has 0 spiro atoms. The molecule has 1 unspecified atom stereocenters. The Morgan fingerprint density at radius 3 is 2.14 bits per heavy atom. The minimum absolute atomic E-state index is 0.273. The highest BCUT2D eigenvalue weighted by Crippen LogP contribution is 2.28. The number of fused-ring (bicyclic) bond motifs is 1. The van der Waals surface area contributed by atoms with E-state index in [1.54, 1.807) is 12.1 Å². The molecule has 0 saturated carbocycles. The van der Waals surface area contributed by atoms with Gasteiger partial charge in [-0.1, -0.05) is 48.5 Å². The number of nitrogens with two attached hydrogens (primary N) is 1. The summed E-state index contributed by atoms with van der Waals surface area (Å²) in [6.45, 7) is 0. The molecule has 4 rings (SSSR count). The number of carbonyl (C=O) groups excluding carboxylic acids is 2. The van der Waals surface area contributed by atoms with Crippen LogP contribution in [0.3, 0.4) is 0 Å². The average Bonchev–Trinajstić information content (AvgIpc) is 3.16. The zero-order valence-electron chi connectivity index (χ0n) is 15.0. The van der Waals surface area contributed by atoms with E-state index in [0.29, 0.717) is 16.9 Å². The highest BCUT2D eigenvalue weighted by atomic mass is 16.3. The Morgan fingerprint density at radius 2 is 1.46 bits per heavy atom. The molecule has 2 amide bonds. The predicted octanol–water partition coefficient (Wildman–Crippen LogP) is 4.05. The molecular weight excluding hydrogens is 352 g/mol. The molecule has 138 valence electrons. The Morgan fingerprint density at radius 1 is 0.821 bits per heavy atom. The molecule has 0 saturated heterocycles. The molecule has 1 aromatic heterocycles. The van der Waals surface area contributed by atoms with E-state index in [-0.39, 0.29) is 5.91 Å². The summed E-state index contributed by atoms with van der Waals surface area (Å²) in [6.07, 6.45) is 0.